The Bertz CT molecular complexity index is 1960. The molecule has 2 aromatic heterocycles. The van der Waals surface area contributed by atoms with Crippen molar-refractivity contribution in [2.45, 2.75) is 51.0 Å². The van der Waals surface area contributed by atoms with E-state index in [0.29, 0.717) is 37.3 Å². The monoisotopic (exact) mass is 680 g/mol. The summed E-state index contributed by atoms with van der Waals surface area (Å²) in [6.45, 7) is 5.92. The number of carbonyl (C=O) groups excluding carboxylic acids is 2. The lowest BCUT2D eigenvalue weighted by atomic mass is 10.00. The van der Waals surface area contributed by atoms with Gasteiger partial charge >= 0.3 is 0 Å². The summed E-state index contributed by atoms with van der Waals surface area (Å²) in [6.07, 6.45) is 10.2. The number of nitrogens with one attached hydrogen (secondary N) is 2. The molecule has 0 radical (unpaired) electrons. The number of pyridine rings is 2. The summed E-state index contributed by atoms with van der Waals surface area (Å²) in [5.74, 6) is 1.44. The zero-order valence-corrected chi connectivity index (χ0v) is 28.4. The normalized spacial score (nSPS) is 18.9. The van der Waals surface area contributed by atoms with Crippen molar-refractivity contribution in [3.05, 3.63) is 119 Å². The molecule has 12 heteroatoms. The Morgan fingerprint density at radius 1 is 0.627 bits per heavy atom. The number of hydrogen-bond donors (Lipinski definition) is 2. The molecular weight excluding hydrogens is 640 g/mol. The van der Waals surface area contributed by atoms with Gasteiger partial charge < -0.3 is 30.2 Å². The summed E-state index contributed by atoms with van der Waals surface area (Å²) >= 11 is 0. The van der Waals surface area contributed by atoms with E-state index in [1.165, 1.54) is 22.3 Å². The van der Waals surface area contributed by atoms with Crippen molar-refractivity contribution in [3.8, 4) is 12.4 Å². The first-order valence-corrected chi connectivity index (χ1v) is 17.4. The quantitative estimate of drug-likeness (QED) is 0.289. The largest absolute Gasteiger partial charge is 0.352 e. The zero-order chi connectivity index (χ0) is 35.2. The number of benzene rings is 2. The van der Waals surface area contributed by atoms with Gasteiger partial charge in [-0.25, -0.2) is 9.97 Å². The van der Waals surface area contributed by atoms with Crippen LogP contribution in [0.25, 0.3) is 0 Å². The van der Waals surface area contributed by atoms with E-state index >= 15 is 0 Å². The Kier molecular flexibility index (Phi) is 9.93. The van der Waals surface area contributed by atoms with Crippen molar-refractivity contribution in [1.82, 2.24) is 30.4 Å². The number of anilines is 2. The second kappa shape index (κ2) is 15.2. The number of nitriles is 2. The van der Waals surface area contributed by atoms with Crippen molar-refractivity contribution < 1.29 is 9.59 Å². The fourth-order valence-electron chi connectivity index (χ4n) is 7.13. The average Bonchev–Trinajstić information content (AvgIpc) is 3.95. The van der Waals surface area contributed by atoms with Gasteiger partial charge in [0, 0.05) is 88.0 Å². The van der Waals surface area contributed by atoms with Gasteiger partial charge in [0.15, 0.2) is 12.4 Å². The number of fused-ring (bicyclic) bond motifs is 2. The molecule has 0 bridgehead atoms. The Morgan fingerprint density at radius 2 is 1.08 bits per heavy atom. The third kappa shape index (κ3) is 7.86. The van der Waals surface area contributed by atoms with Crippen molar-refractivity contribution in [2.75, 3.05) is 42.5 Å². The van der Waals surface area contributed by atoms with Crippen LogP contribution in [0.4, 0.5) is 11.6 Å². The standard InChI is InChI=1S/C20H21N5O.C19H19N5O/c21-14-24-9-7-18(13-24)23-20(26)16-5-8-22-19(11-16)25-10-6-15-3-1-2-4-17(15)12-25;20-13-23-8-6-17(12-23)22-19(25)14-5-7-21-18(9-14)24-10-15-3-1-2-4-16(15)11-24/h1-5,8,11,18H,6-7,9-10,12-13H2,(H,23,26);1-5,7,9,17H,6,8,10-12H2,(H,22,25)/t18-;17-/m11/s1. The van der Waals surface area contributed by atoms with Gasteiger partial charge in [0.2, 0.25) is 0 Å². The van der Waals surface area contributed by atoms with E-state index in [9.17, 15) is 9.59 Å². The number of carbonyl (C=O) groups is 2. The van der Waals surface area contributed by atoms with Crippen LogP contribution in [0.1, 0.15) is 55.8 Å². The molecule has 258 valence electrons. The smallest absolute Gasteiger partial charge is 0.251 e. The predicted molar refractivity (Wildman–Crippen MR) is 192 cm³/mol. The van der Waals surface area contributed by atoms with Crippen LogP contribution in [0.15, 0.2) is 85.2 Å². The van der Waals surface area contributed by atoms with Gasteiger partial charge in [0.05, 0.1) is 0 Å². The summed E-state index contributed by atoms with van der Waals surface area (Å²) < 4.78 is 0. The molecule has 12 nitrogen and oxygen atoms in total. The predicted octanol–water partition coefficient (Wildman–Crippen LogP) is 3.82. The van der Waals surface area contributed by atoms with Gasteiger partial charge in [-0.15, -0.1) is 0 Å². The summed E-state index contributed by atoms with van der Waals surface area (Å²) in [4.78, 5) is 41.7. The van der Waals surface area contributed by atoms with Gasteiger partial charge in [0.25, 0.3) is 11.8 Å². The molecule has 2 atom stereocenters. The van der Waals surface area contributed by atoms with Crippen LogP contribution >= 0.6 is 0 Å². The Balaban J connectivity index is 0.000000159. The SMILES string of the molecule is N#CN1CC[C@@H](NC(=O)c2ccnc(N3CCc4ccccc4C3)c2)C1.N#CN1CC[C@@H](NC(=O)c2ccnc(N3Cc4ccccc4C3)c2)C1. The summed E-state index contributed by atoms with van der Waals surface area (Å²) in [5, 5.41) is 23.9. The molecule has 4 aliphatic rings. The van der Waals surface area contributed by atoms with Gasteiger partial charge in [-0.05, 0) is 65.8 Å². The fraction of sp³-hybridized carbons (Fsp3) is 0.333. The molecule has 2 fully saturated rings. The molecule has 2 aromatic carbocycles. The second-order valence-corrected chi connectivity index (χ2v) is 13.4. The van der Waals surface area contributed by atoms with Crippen LogP contribution in [0, 0.1) is 22.9 Å². The highest BCUT2D eigenvalue weighted by Crippen LogP contribution is 2.27. The lowest BCUT2D eigenvalue weighted by Crippen LogP contribution is -2.36. The van der Waals surface area contributed by atoms with E-state index in [4.69, 9.17) is 10.5 Å². The number of aromatic nitrogens is 2. The first-order valence-electron chi connectivity index (χ1n) is 17.4. The molecule has 51 heavy (non-hydrogen) atoms. The summed E-state index contributed by atoms with van der Waals surface area (Å²) in [7, 11) is 0. The first-order chi connectivity index (χ1) is 24.9. The highest BCUT2D eigenvalue weighted by atomic mass is 16.2. The van der Waals surface area contributed by atoms with Gasteiger partial charge in [0.1, 0.15) is 11.6 Å². The minimum atomic E-state index is -0.106. The van der Waals surface area contributed by atoms with E-state index in [1.54, 1.807) is 34.3 Å². The molecular formula is C39H40N10O2. The fourth-order valence-corrected chi connectivity index (χ4v) is 7.13. The molecule has 4 aromatic rings. The maximum atomic E-state index is 12.6. The van der Waals surface area contributed by atoms with Crippen LogP contribution in [-0.2, 0) is 26.1 Å². The first kappa shape index (κ1) is 33.4. The van der Waals surface area contributed by atoms with Crippen LogP contribution < -0.4 is 20.4 Å². The number of amides is 2. The third-order valence-electron chi connectivity index (χ3n) is 9.96. The zero-order valence-electron chi connectivity index (χ0n) is 28.4. The topological polar surface area (TPSA) is 145 Å². The minimum absolute atomic E-state index is 0.0276. The summed E-state index contributed by atoms with van der Waals surface area (Å²) in [5.41, 5.74) is 6.54. The van der Waals surface area contributed by atoms with E-state index in [2.05, 4.69) is 79.2 Å². The Hall–Kier alpha value is -6.14. The molecule has 0 spiro atoms. The number of rotatable bonds is 6. The van der Waals surface area contributed by atoms with E-state index < -0.39 is 0 Å². The molecule has 6 heterocycles. The molecule has 0 unspecified atom stereocenters. The second-order valence-electron chi connectivity index (χ2n) is 13.4. The van der Waals surface area contributed by atoms with Crippen molar-refractivity contribution >= 4 is 23.5 Å². The van der Waals surface area contributed by atoms with Gasteiger partial charge in [-0.2, -0.15) is 10.5 Å². The molecule has 0 aliphatic carbocycles. The third-order valence-corrected chi connectivity index (χ3v) is 9.96. The molecule has 2 N–H and O–H groups in total. The maximum absolute atomic E-state index is 12.6. The van der Waals surface area contributed by atoms with E-state index in [1.807, 2.05) is 24.3 Å². The molecule has 4 aliphatic heterocycles. The van der Waals surface area contributed by atoms with Crippen molar-refractivity contribution in [1.29, 1.82) is 10.5 Å². The minimum Gasteiger partial charge on any atom is -0.352 e. The molecule has 2 amide bonds. The van der Waals surface area contributed by atoms with Crippen molar-refractivity contribution in [2.24, 2.45) is 0 Å². The molecule has 2 saturated heterocycles. The Labute approximate surface area is 297 Å². The van der Waals surface area contributed by atoms with Crippen molar-refractivity contribution in [3.63, 3.8) is 0 Å². The van der Waals surface area contributed by atoms with E-state index in [-0.39, 0.29) is 23.9 Å². The lowest BCUT2D eigenvalue weighted by molar-refractivity contribution is 0.0930. The van der Waals surface area contributed by atoms with Crippen LogP contribution in [0.5, 0.6) is 0 Å². The van der Waals surface area contributed by atoms with Crippen LogP contribution in [-0.4, -0.2) is 76.4 Å². The maximum Gasteiger partial charge on any atom is 0.251 e. The molecule has 8 rings (SSSR count). The van der Waals surface area contributed by atoms with Gasteiger partial charge in [-0.3, -0.25) is 9.59 Å². The van der Waals surface area contributed by atoms with E-state index in [0.717, 1.165) is 57.1 Å². The lowest BCUT2D eigenvalue weighted by Gasteiger charge is -2.30. The highest BCUT2D eigenvalue weighted by Gasteiger charge is 2.26. The number of nitrogens with zero attached hydrogens (tertiary/aromatic N) is 8. The average molecular weight is 681 g/mol. The van der Waals surface area contributed by atoms with Gasteiger partial charge in [-0.1, -0.05) is 48.5 Å². The Morgan fingerprint density at radius 3 is 1.57 bits per heavy atom. The number of likely N-dealkylation sites (tertiary alicyclic amines) is 2. The highest BCUT2D eigenvalue weighted by molar-refractivity contribution is 5.95. The number of hydrogen-bond acceptors (Lipinski definition) is 10. The summed E-state index contributed by atoms with van der Waals surface area (Å²) in [6, 6.07) is 24.1. The van der Waals surface area contributed by atoms with Crippen LogP contribution in [0.3, 0.4) is 0 Å². The van der Waals surface area contributed by atoms with Crippen LogP contribution in [0.2, 0.25) is 0 Å². The molecule has 0 saturated carbocycles.